The lowest BCUT2D eigenvalue weighted by Gasteiger charge is -2.09. The Morgan fingerprint density at radius 3 is 2.78 bits per heavy atom. The third-order valence-electron chi connectivity index (χ3n) is 2.05. The van der Waals surface area contributed by atoms with Crippen LogP contribution in [0.15, 0.2) is 12.3 Å². The lowest BCUT2D eigenvalue weighted by molar-refractivity contribution is 0.0537. The van der Waals surface area contributed by atoms with E-state index in [-0.39, 0.29) is 16.7 Å². The van der Waals surface area contributed by atoms with Gasteiger partial charge in [-0.1, -0.05) is 11.6 Å². The standard InChI is InChI=1S/C11H16ClN3O3/c1-16-4-5-17-6-7-18-11-9(12)8(10(13)14)2-3-15-11/h2-3H,4-7H2,1H3,(H3,13,14). The first-order chi connectivity index (χ1) is 8.66. The summed E-state index contributed by atoms with van der Waals surface area (Å²) in [6, 6.07) is 1.56. The maximum Gasteiger partial charge on any atom is 0.233 e. The fourth-order valence-electron chi connectivity index (χ4n) is 1.17. The van der Waals surface area contributed by atoms with Crippen molar-refractivity contribution in [3.8, 4) is 5.88 Å². The molecule has 0 aromatic carbocycles. The molecule has 0 spiro atoms. The van der Waals surface area contributed by atoms with E-state index in [2.05, 4.69) is 4.98 Å². The zero-order valence-corrected chi connectivity index (χ0v) is 10.9. The molecule has 3 N–H and O–H groups in total. The summed E-state index contributed by atoms with van der Waals surface area (Å²) in [5.41, 5.74) is 5.77. The summed E-state index contributed by atoms with van der Waals surface area (Å²) < 4.78 is 15.4. The van der Waals surface area contributed by atoms with Crippen LogP contribution >= 0.6 is 11.6 Å². The van der Waals surface area contributed by atoms with E-state index in [9.17, 15) is 0 Å². The summed E-state index contributed by atoms with van der Waals surface area (Å²) in [6.45, 7) is 1.77. The van der Waals surface area contributed by atoms with Crippen molar-refractivity contribution >= 4 is 17.4 Å². The average molecular weight is 274 g/mol. The zero-order valence-electron chi connectivity index (χ0n) is 10.1. The smallest absolute Gasteiger partial charge is 0.233 e. The maximum atomic E-state index is 7.33. The van der Waals surface area contributed by atoms with Gasteiger partial charge in [-0.05, 0) is 6.07 Å². The quantitative estimate of drug-likeness (QED) is 0.420. The van der Waals surface area contributed by atoms with Gasteiger partial charge in [-0.2, -0.15) is 0 Å². The van der Waals surface area contributed by atoms with Crippen molar-refractivity contribution in [2.24, 2.45) is 5.73 Å². The van der Waals surface area contributed by atoms with E-state index in [1.807, 2.05) is 0 Å². The SMILES string of the molecule is COCCOCCOc1nccc(C(=N)N)c1Cl. The van der Waals surface area contributed by atoms with Crippen molar-refractivity contribution < 1.29 is 14.2 Å². The van der Waals surface area contributed by atoms with E-state index in [0.717, 1.165) is 0 Å². The van der Waals surface area contributed by atoms with Crippen molar-refractivity contribution in [2.75, 3.05) is 33.5 Å². The number of methoxy groups -OCH3 is 1. The Morgan fingerprint density at radius 1 is 1.39 bits per heavy atom. The minimum absolute atomic E-state index is 0.122. The number of pyridine rings is 1. The minimum Gasteiger partial charge on any atom is -0.474 e. The normalized spacial score (nSPS) is 10.3. The Labute approximate surface area is 111 Å². The van der Waals surface area contributed by atoms with Crippen LogP contribution in [0.3, 0.4) is 0 Å². The molecule has 100 valence electrons. The van der Waals surface area contributed by atoms with E-state index in [1.165, 1.54) is 6.20 Å². The number of aromatic nitrogens is 1. The minimum atomic E-state index is -0.122. The molecular formula is C11H16ClN3O3. The second-order valence-electron chi connectivity index (χ2n) is 3.34. The number of halogens is 1. The van der Waals surface area contributed by atoms with Crippen molar-refractivity contribution in [1.29, 1.82) is 5.41 Å². The molecule has 0 unspecified atom stereocenters. The van der Waals surface area contributed by atoms with E-state index < -0.39 is 0 Å². The van der Waals surface area contributed by atoms with Crippen molar-refractivity contribution in [2.45, 2.75) is 0 Å². The Bertz CT molecular complexity index is 401. The fraction of sp³-hybridized carbons (Fsp3) is 0.455. The highest BCUT2D eigenvalue weighted by Crippen LogP contribution is 2.24. The number of ether oxygens (including phenoxy) is 3. The van der Waals surface area contributed by atoms with E-state index in [0.29, 0.717) is 32.0 Å². The number of hydrogen-bond acceptors (Lipinski definition) is 5. The average Bonchev–Trinajstić information content (AvgIpc) is 2.35. The first kappa shape index (κ1) is 14.7. The van der Waals surface area contributed by atoms with Gasteiger partial charge < -0.3 is 19.9 Å². The summed E-state index contributed by atoms with van der Waals surface area (Å²) >= 11 is 6.00. The molecule has 0 amide bonds. The van der Waals surface area contributed by atoms with Crippen LogP contribution in [-0.4, -0.2) is 44.4 Å². The molecule has 0 aliphatic heterocycles. The topological polar surface area (TPSA) is 90.5 Å². The summed E-state index contributed by atoms with van der Waals surface area (Å²) in [6.07, 6.45) is 1.49. The molecular weight excluding hydrogens is 258 g/mol. The van der Waals surface area contributed by atoms with Gasteiger partial charge in [0.25, 0.3) is 0 Å². The van der Waals surface area contributed by atoms with E-state index >= 15 is 0 Å². The molecule has 0 bridgehead atoms. The summed E-state index contributed by atoms with van der Waals surface area (Å²) in [7, 11) is 1.61. The molecule has 1 rings (SSSR count). The van der Waals surface area contributed by atoms with Gasteiger partial charge in [0.05, 0.1) is 19.8 Å². The van der Waals surface area contributed by atoms with Crippen LogP contribution in [0.1, 0.15) is 5.56 Å². The van der Waals surface area contributed by atoms with Crippen LogP contribution in [0.4, 0.5) is 0 Å². The number of hydrogen-bond donors (Lipinski definition) is 2. The first-order valence-electron chi connectivity index (χ1n) is 5.35. The maximum absolute atomic E-state index is 7.33. The van der Waals surface area contributed by atoms with Gasteiger partial charge in [0.15, 0.2) is 0 Å². The summed E-state index contributed by atoms with van der Waals surface area (Å²) in [4.78, 5) is 3.97. The zero-order chi connectivity index (χ0) is 13.4. The van der Waals surface area contributed by atoms with Crippen LogP contribution in [-0.2, 0) is 9.47 Å². The van der Waals surface area contributed by atoms with Crippen LogP contribution in [0.2, 0.25) is 5.02 Å². The molecule has 0 aliphatic carbocycles. The monoisotopic (exact) mass is 273 g/mol. The number of nitrogens with zero attached hydrogens (tertiary/aromatic N) is 1. The lowest BCUT2D eigenvalue weighted by Crippen LogP contribution is -2.14. The molecule has 0 aliphatic rings. The van der Waals surface area contributed by atoms with Crippen molar-refractivity contribution in [3.63, 3.8) is 0 Å². The van der Waals surface area contributed by atoms with Gasteiger partial charge in [-0.3, -0.25) is 5.41 Å². The second-order valence-corrected chi connectivity index (χ2v) is 3.72. The third-order valence-corrected chi connectivity index (χ3v) is 2.41. The lowest BCUT2D eigenvalue weighted by atomic mass is 10.2. The molecule has 1 heterocycles. The number of nitrogens with two attached hydrogens (primary N) is 1. The first-order valence-corrected chi connectivity index (χ1v) is 5.73. The second kappa shape index (κ2) is 7.86. The molecule has 1 aromatic rings. The van der Waals surface area contributed by atoms with Crippen LogP contribution in [0.25, 0.3) is 0 Å². The van der Waals surface area contributed by atoms with Gasteiger partial charge in [-0.25, -0.2) is 4.98 Å². The van der Waals surface area contributed by atoms with Gasteiger partial charge in [0.2, 0.25) is 5.88 Å². The van der Waals surface area contributed by atoms with Gasteiger partial charge >= 0.3 is 0 Å². The van der Waals surface area contributed by atoms with Crippen LogP contribution in [0, 0.1) is 5.41 Å². The molecule has 0 saturated heterocycles. The highest BCUT2D eigenvalue weighted by molar-refractivity contribution is 6.35. The van der Waals surface area contributed by atoms with Crippen molar-refractivity contribution in [3.05, 3.63) is 22.8 Å². The highest BCUT2D eigenvalue weighted by Gasteiger charge is 2.10. The molecule has 1 aromatic heterocycles. The number of rotatable bonds is 8. The molecule has 0 radical (unpaired) electrons. The van der Waals surface area contributed by atoms with Gasteiger partial charge in [0, 0.05) is 18.9 Å². The fourth-order valence-corrected chi connectivity index (χ4v) is 1.44. The van der Waals surface area contributed by atoms with E-state index in [1.54, 1.807) is 13.2 Å². The predicted molar refractivity (Wildman–Crippen MR) is 68.5 cm³/mol. The predicted octanol–water partition coefficient (Wildman–Crippen LogP) is 1.06. The Morgan fingerprint density at radius 2 is 2.11 bits per heavy atom. The van der Waals surface area contributed by atoms with E-state index in [4.69, 9.17) is 37.0 Å². The number of nitrogen functional groups attached to an aromatic ring is 1. The molecule has 0 saturated carbocycles. The van der Waals surface area contributed by atoms with Crippen LogP contribution in [0.5, 0.6) is 5.88 Å². The molecule has 6 nitrogen and oxygen atoms in total. The van der Waals surface area contributed by atoms with Crippen molar-refractivity contribution in [1.82, 2.24) is 4.98 Å². The number of amidine groups is 1. The summed E-state index contributed by atoms with van der Waals surface area (Å²) in [5.74, 6) is 0.128. The van der Waals surface area contributed by atoms with Gasteiger partial charge in [-0.15, -0.1) is 0 Å². The summed E-state index contributed by atoms with van der Waals surface area (Å²) in [5, 5.41) is 7.57. The van der Waals surface area contributed by atoms with Crippen LogP contribution < -0.4 is 10.5 Å². The Balaban J connectivity index is 2.43. The van der Waals surface area contributed by atoms with Gasteiger partial charge in [0.1, 0.15) is 17.5 Å². The highest BCUT2D eigenvalue weighted by atomic mass is 35.5. The molecule has 0 atom stereocenters. The number of nitrogens with one attached hydrogen (secondary N) is 1. The third kappa shape index (κ3) is 4.48. The molecule has 7 heteroatoms. The largest absolute Gasteiger partial charge is 0.474 e. The Kier molecular flexibility index (Phi) is 6.42. The molecule has 0 fully saturated rings. The Hall–Kier alpha value is -1.37. The molecule has 18 heavy (non-hydrogen) atoms.